The molecule has 0 N–H and O–H groups in total. The van der Waals surface area contributed by atoms with E-state index in [2.05, 4.69) is 43.0 Å². The lowest BCUT2D eigenvalue weighted by Gasteiger charge is -2.38. The van der Waals surface area contributed by atoms with Gasteiger partial charge < -0.3 is 19.4 Å². The minimum absolute atomic E-state index is 0.0198. The Morgan fingerprint density at radius 2 is 1.58 bits per heavy atom. The predicted octanol–water partition coefficient (Wildman–Crippen LogP) is 4.58. The Morgan fingerprint density at radius 1 is 0.970 bits per heavy atom. The van der Waals surface area contributed by atoms with Crippen LogP contribution in [0.25, 0.3) is 0 Å². The molecule has 3 rings (SSSR count). The summed E-state index contributed by atoms with van der Waals surface area (Å²) >= 11 is 0. The van der Waals surface area contributed by atoms with E-state index in [9.17, 15) is 9.59 Å². The molecule has 6 heteroatoms. The van der Waals surface area contributed by atoms with Gasteiger partial charge in [0.05, 0.1) is 0 Å². The molecule has 0 aliphatic carbocycles. The number of hydrogen-bond donors (Lipinski definition) is 0. The number of hydrogen-bond acceptors (Lipinski definition) is 4. The molecule has 2 unspecified atom stereocenters. The van der Waals surface area contributed by atoms with Gasteiger partial charge in [-0.1, -0.05) is 12.1 Å². The van der Waals surface area contributed by atoms with Crippen LogP contribution in [-0.4, -0.2) is 60.9 Å². The first-order valence-electron chi connectivity index (χ1n) is 11.9. The van der Waals surface area contributed by atoms with Gasteiger partial charge in [-0.15, -0.1) is 0 Å². The van der Waals surface area contributed by atoms with Gasteiger partial charge in [-0.25, -0.2) is 0 Å². The molecule has 1 saturated heterocycles. The van der Waals surface area contributed by atoms with Gasteiger partial charge in [-0.2, -0.15) is 0 Å². The smallest absolute Gasteiger partial charge is 0.260 e. The minimum Gasteiger partial charge on any atom is -0.484 e. The van der Waals surface area contributed by atoms with E-state index in [0.29, 0.717) is 24.4 Å². The Bertz CT molecular complexity index is 915. The van der Waals surface area contributed by atoms with E-state index in [-0.39, 0.29) is 30.5 Å². The van der Waals surface area contributed by atoms with Gasteiger partial charge >= 0.3 is 0 Å². The normalized spacial score (nSPS) is 18.0. The predicted molar refractivity (Wildman–Crippen MR) is 133 cm³/mol. The SMILES string of the molecule is CCN(Cc1ccc(N(C)C)cc1)C(=O)c1ccc(OCC(=O)N2C(C)CCCC2C)cc1. The molecular formula is C27H37N3O3. The summed E-state index contributed by atoms with van der Waals surface area (Å²) in [5, 5.41) is 0. The van der Waals surface area contributed by atoms with Gasteiger partial charge in [0.25, 0.3) is 11.8 Å². The lowest BCUT2D eigenvalue weighted by atomic mass is 9.97. The lowest BCUT2D eigenvalue weighted by molar-refractivity contribution is -0.139. The highest BCUT2D eigenvalue weighted by Gasteiger charge is 2.29. The summed E-state index contributed by atoms with van der Waals surface area (Å²) in [6, 6.07) is 15.8. The second kappa shape index (κ2) is 11.2. The fourth-order valence-corrected chi connectivity index (χ4v) is 4.46. The van der Waals surface area contributed by atoms with Crippen LogP contribution in [0.4, 0.5) is 5.69 Å². The number of piperidine rings is 1. The number of anilines is 1. The molecule has 1 fully saturated rings. The second-order valence-electron chi connectivity index (χ2n) is 9.12. The molecule has 1 aliphatic heterocycles. The van der Waals surface area contributed by atoms with Gasteiger partial charge in [0.15, 0.2) is 6.61 Å². The topological polar surface area (TPSA) is 53.1 Å². The standard InChI is InChI=1S/C27H37N3O3/c1-6-29(18-22-10-14-24(15-11-22)28(4)5)27(32)23-12-16-25(17-13-23)33-19-26(31)30-20(2)8-7-9-21(30)3/h10-17,20-21H,6-9,18-19H2,1-5H3. The van der Waals surface area contributed by atoms with Gasteiger partial charge in [-0.3, -0.25) is 9.59 Å². The summed E-state index contributed by atoms with van der Waals surface area (Å²) in [5.41, 5.74) is 2.83. The Labute approximate surface area is 198 Å². The van der Waals surface area contributed by atoms with E-state index in [1.54, 1.807) is 24.3 Å². The molecule has 0 saturated carbocycles. The number of amides is 2. The number of nitrogens with zero attached hydrogens (tertiary/aromatic N) is 3. The number of benzene rings is 2. The molecule has 0 aromatic heterocycles. The van der Waals surface area contributed by atoms with Crippen LogP contribution in [0.2, 0.25) is 0 Å². The molecule has 2 aromatic rings. The number of rotatable bonds is 8. The Hall–Kier alpha value is -3.02. The van der Waals surface area contributed by atoms with Crippen molar-refractivity contribution in [1.29, 1.82) is 0 Å². The molecule has 33 heavy (non-hydrogen) atoms. The first-order valence-corrected chi connectivity index (χ1v) is 11.9. The molecule has 0 bridgehead atoms. The zero-order valence-corrected chi connectivity index (χ0v) is 20.6. The van der Waals surface area contributed by atoms with Crippen molar-refractivity contribution in [2.75, 3.05) is 32.1 Å². The maximum atomic E-state index is 13.0. The fraction of sp³-hybridized carbons (Fsp3) is 0.481. The van der Waals surface area contributed by atoms with Gasteiger partial charge in [0, 0.05) is 50.5 Å². The molecule has 6 nitrogen and oxygen atoms in total. The quantitative estimate of drug-likeness (QED) is 0.589. The molecular weight excluding hydrogens is 414 g/mol. The minimum atomic E-state index is -0.0206. The average molecular weight is 452 g/mol. The van der Waals surface area contributed by atoms with Crippen LogP contribution in [0.3, 0.4) is 0 Å². The lowest BCUT2D eigenvalue weighted by Crippen LogP contribution is -2.49. The largest absolute Gasteiger partial charge is 0.484 e. The van der Waals surface area contributed by atoms with Crippen molar-refractivity contribution < 1.29 is 14.3 Å². The van der Waals surface area contributed by atoms with E-state index >= 15 is 0 Å². The Kier molecular flexibility index (Phi) is 8.37. The van der Waals surface area contributed by atoms with Crippen molar-refractivity contribution in [2.45, 2.75) is 58.7 Å². The maximum absolute atomic E-state index is 13.0. The highest BCUT2D eigenvalue weighted by molar-refractivity contribution is 5.94. The Morgan fingerprint density at radius 3 is 2.12 bits per heavy atom. The molecule has 1 aliphatic rings. The number of ether oxygens (including phenoxy) is 1. The molecule has 178 valence electrons. The van der Waals surface area contributed by atoms with Crippen molar-refractivity contribution in [2.24, 2.45) is 0 Å². The summed E-state index contributed by atoms with van der Waals surface area (Å²) in [4.78, 5) is 31.5. The average Bonchev–Trinajstić information content (AvgIpc) is 2.81. The van der Waals surface area contributed by atoms with Crippen molar-refractivity contribution in [1.82, 2.24) is 9.80 Å². The van der Waals surface area contributed by atoms with Gasteiger partial charge in [0.2, 0.25) is 0 Å². The zero-order valence-electron chi connectivity index (χ0n) is 20.6. The van der Waals surface area contributed by atoms with Crippen LogP contribution in [0.1, 0.15) is 56.0 Å². The number of carbonyl (C=O) groups excluding carboxylic acids is 2. The van der Waals surface area contributed by atoms with Crippen molar-refractivity contribution >= 4 is 17.5 Å². The monoisotopic (exact) mass is 451 g/mol. The molecule has 1 heterocycles. The van der Waals surface area contributed by atoms with Crippen molar-refractivity contribution in [3.05, 3.63) is 59.7 Å². The molecule has 2 amide bonds. The molecule has 2 atom stereocenters. The van der Waals surface area contributed by atoms with Crippen molar-refractivity contribution in [3.63, 3.8) is 0 Å². The maximum Gasteiger partial charge on any atom is 0.260 e. The van der Waals surface area contributed by atoms with E-state index in [1.807, 2.05) is 30.8 Å². The summed E-state index contributed by atoms with van der Waals surface area (Å²) in [7, 11) is 4.02. The third kappa shape index (κ3) is 6.28. The van der Waals surface area contributed by atoms with E-state index in [1.165, 1.54) is 6.42 Å². The van der Waals surface area contributed by atoms with Crippen LogP contribution < -0.4 is 9.64 Å². The molecule has 0 spiro atoms. The zero-order chi connectivity index (χ0) is 24.0. The van der Waals surface area contributed by atoms with E-state index in [4.69, 9.17) is 4.74 Å². The summed E-state index contributed by atoms with van der Waals surface area (Å²) in [6.45, 7) is 7.38. The number of carbonyl (C=O) groups is 2. The van der Waals surface area contributed by atoms with Crippen LogP contribution in [0.5, 0.6) is 5.75 Å². The highest BCUT2D eigenvalue weighted by Crippen LogP contribution is 2.23. The van der Waals surface area contributed by atoms with Crippen LogP contribution in [0.15, 0.2) is 48.5 Å². The third-order valence-electron chi connectivity index (χ3n) is 6.44. The molecule has 2 aromatic carbocycles. The summed E-state index contributed by atoms with van der Waals surface area (Å²) < 4.78 is 5.75. The van der Waals surface area contributed by atoms with Crippen molar-refractivity contribution in [3.8, 4) is 5.75 Å². The Balaban J connectivity index is 1.57. The van der Waals surface area contributed by atoms with Gasteiger partial charge in [-0.05, 0) is 82.0 Å². The third-order valence-corrected chi connectivity index (χ3v) is 6.44. The van der Waals surface area contributed by atoms with Crippen LogP contribution in [0, 0.1) is 0 Å². The van der Waals surface area contributed by atoms with Gasteiger partial charge in [0.1, 0.15) is 5.75 Å². The fourth-order valence-electron chi connectivity index (χ4n) is 4.46. The highest BCUT2D eigenvalue weighted by atomic mass is 16.5. The van der Waals surface area contributed by atoms with E-state index in [0.717, 1.165) is 24.1 Å². The van der Waals surface area contributed by atoms with Crippen LogP contribution >= 0.6 is 0 Å². The summed E-state index contributed by atoms with van der Waals surface area (Å²) in [6.07, 6.45) is 3.25. The molecule has 0 radical (unpaired) electrons. The number of likely N-dealkylation sites (tertiary alicyclic amines) is 1. The first kappa shape index (κ1) is 24.6. The van der Waals surface area contributed by atoms with Crippen LogP contribution in [-0.2, 0) is 11.3 Å². The second-order valence-corrected chi connectivity index (χ2v) is 9.12. The first-order chi connectivity index (χ1) is 15.8. The summed E-state index contributed by atoms with van der Waals surface area (Å²) in [5.74, 6) is 0.597. The van der Waals surface area contributed by atoms with E-state index < -0.39 is 0 Å².